The molecule has 1 amide bonds. The smallest absolute Gasteiger partial charge is 0.335 e. The molecule has 0 unspecified atom stereocenters. The van der Waals surface area contributed by atoms with E-state index in [4.69, 9.17) is 18.9 Å². The maximum Gasteiger partial charge on any atom is 0.335 e. The molecule has 1 N–H and O–H groups in total. The Morgan fingerprint density at radius 1 is 1.09 bits per heavy atom. The molecule has 228 valence electrons. The summed E-state index contributed by atoms with van der Waals surface area (Å²) in [6, 6.07) is 12.9. The lowest BCUT2D eigenvalue weighted by Gasteiger charge is -2.30. The number of carbonyl (C=O) groups excluding carboxylic acids is 1. The lowest BCUT2D eigenvalue weighted by molar-refractivity contribution is -0.127. The minimum absolute atomic E-state index is 0.187. The van der Waals surface area contributed by atoms with Gasteiger partial charge in [0, 0.05) is 30.3 Å². The van der Waals surface area contributed by atoms with Crippen LogP contribution >= 0.6 is 11.3 Å². The lowest BCUT2D eigenvalue weighted by atomic mass is 9.93. The number of furan rings is 1. The van der Waals surface area contributed by atoms with Crippen molar-refractivity contribution < 1.29 is 28.6 Å². The predicted molar refractivity (Wildman–Crippen MR) is 167 cm³/mol. The first-order valence-corrected chi connectivity index (χ1v) is 14.9. The molecule has 44 heavy (non-hydrogen) atoms. The van der Waals surface area contributed by atoms with Crippen LogP contribution in [0.1, 0.15) is 54.1 Å². The molecule has 5 rings (SSSR count). The van der Waals surface area contributed by atoms with Crippen LogP contribution in [0.5, 0.6) is 11.5 Å². The standard InChI is InChI=1S/C33H33N3O7S/c1-7-35(8-2)31(38)28-19(4)34-33-36(29(28)24-16-20(41-5)12-14-25(24)42-6)30(37)27(44-33)17-21-13-15-26(43-21)22-10-9-11-23(18(22)3)32(39)40/h9-17,29H,7-8H2,1-6H3,(H,39,40)/b27-17+/t29-/m1/s1. The molecule has 0 spiro atoms. The number of aromatic nitrogens is 1. The molecule has 0 saturated carbocycles. The number of rotatable bonds is 9. The van der Waals surface area contributed by atoms with Gasteiger partial charge in [-0.25, -0.2) is 9.79 Å². The molecule has 3 heterocycles. The van der Waals surface area contributed by atoms with Crippen LogP contribution in [0.4, 0.5) is 0 Å². The lowest BCUT2D eigenvalue weighted by Crippen LogP contribution is -2.43. The molecule has 0 fully saturated rings. The third kappa shape index (κ3) is 5.35. The van der Waals surface area contributed by atoms with Crippen LogP contribution in [0.15, 0.2) is 74.0 Å². The number of nitrogens with zero attached hydrogens (tertiary/aromatic N) is 3. The quantitative estimate of drug-likeness (QED) is 0.296. The van der Waals surface area contributed by atoms with E-state index in [0.717, 1.165) is 0 Å². The summed E-state index contributed by atoms with van der Waals surface area (Å²) in [7, 11) is 3.09. The molecule has 1 aliphatic rings. The van der Waals surface area contributed by atoms with Gasteiger partial charge in [0.05, 0.1) is 35.6 Å². The van der Waals surface area contributed by atoms with Crippen LogP contribution in [0, 0.1) is 6.92 Å². The number of likely N-dealkylation sites (N-methyl/N-ethyl adjacent to an activating group) is 1. The number of aromatic carboxylic acids is 1. The fraction of sp³-hybridized carbons (Fsp3) is 0.273. The summed E-state index contributed by atoms with van der Waals surface area (Å²) >= 11 is 1.19. The van der Waals surface area contributed by atoms with Crippen LogP contribution in [0.25, 0.3) is 17.4 Å². The number of hydrogen-bond donors (Lipinski definition) is 1. The Balaban J connectivity index is 1.69. The maximum absolute atomic E-state index is 14.1. The van der Waals surface area contributed by atoms with Gasteiger partial charge in [-0.05, 0) is 69.7 Å². The number of fused-ring (bicyclic) bond motifs is 1. The second-order valence-electron chi connectivity index (χ2n) is 10.2. The van der Waals surface area contributed by atoms with Crippen molar-refractivity contribution in [3.8, 4) is 22.8 Å². The van der Waals surface area contributed by atoms with Gasteiger partial charge in [0.15, 0.2) is 4.80 Å². The van der Waals surface area contributed by atoms with Gasteiger partial charge in [0.25, 0.3) is 11.5 Å². The van der Waals surface area contributed by atoms with E-state index < -0.39 is 12.0 Å². The maximum atomic E-state index is 14.1. The van der Waals surface area contributed by atoms with Crippen LogP contribution < -0.4 is 24.4 Å². The van der Waals surface area contributed by atoms with Gasteiger partial charge in [-0.15, -0.1) is 0 Å². The van der Waals surface area contributed by atoms with Crippen molar-refractivity contribution in [2.75, 3.05) is 27.3 Å². The highest BCUT2D eigenvalue weighted by molar-refractivity contribution is 7.07. The number of carboxylic acids is 1. The molecule has 10 nitrogen and oxygen atoms in total. The van der Waals surface area contributed by atoms with Crippen molar-refractivity contribution in [2.24, 2.45) is 4.99 Å². The van der Waals surface area contributed by atoms with Crippen molar-refractivity contribution in [3.05, 3.63) is 102 Å². The zero-order chi connectivity index (χ0) is 31.7. The van der Waals surface area contributed by atoms with Gasteiger partial charge in [-0.3, -0.25) is 14.2 Å². The van der Waals surface area contributed by atoms with Gasteiger partial charge in [-0.1, -0.05) is 23.5 Å². The monoisotopic (exact) mass is 615 g/mol. The molecular formula is C33H33N3O7S. The number of hydrogen-bond acceptors (Lipinski definition) is 8. The fourth-order valence-corrected chi connectivity index (χ4v) is 6.49. The van der Waals surface area contributed by atoms with E-state index in [1.807, 2.05) is 13.8 Å². The number of methoxy groups -OCH3 is 2. The third-order valence-electron chi connectivity index (χ3n) is 7.76. The zero-order valence-electron chi connectivity index (χ0n) is 25.3. The van der Waals surface area contributed by atoms with Gasteiger partial charge in [-0.2, -0.15) is 0 Å². The Hall–Kier alpha value is -4.90. The largest absolute Gasteiger partial charge is 0.497 e. The molecule has 1 atom stereocenters. The second kappa shape index (κ2) is 12.4. The number of thiazole rings is 1. The van der Waals surface area contributed by atoms with E-state index in [9.17, 15) is 19.5 Å². The normalized spacial score (nSPS) is 14.7. The number of ether oxygens (including phenoxy) is 2. The molecule has 2 aromatic heterocycles. The molecular weight excluding hydrogens is 582 g/mol. The highest BCUT2D eigenvalue weighted by atomic mass is 32.1. The molecule has 0 saturated heterocycles. The average Bonchev–Trinajstić information content (AvgIpc) is 3.60. The summed E-state index contributed by atoms with van der Waals surface area (Å²) in [5.41, 5.74) is 2.56. The Labute approximate surface area is 257 Å². The Morgan fingerprint density at radius 3 is 2.50 bits per heavy atom. The van der Waals surface area contributed by atoms with E-state index >= 15 is 0 Å². The minimum Gasteiger partial charge on any atom is -0.497 e. The van der Waals surface area contributed by atoms with E-state index in [-0.39, 0.29) is 17.0 Å². The summed E-state index contributed by atoms with van der Waals surface area (Å²) in [5.74, 6) is 0.712. The minimum atomic E-state index is -1.02. The first kappa shape index (κ1) is 30.6. The molecule has 2 aromatic carbocycles. The summed E-state index contributed by atoms with van der Waals surface area (Å²) < 4.78 is 19.2. The van der Waals surface area contributed by atoms with E-state index in [1.165, 1.54) is 15.9 Å². The zero-order valence-corrected chi connectivity index (χ0v) is 26.2. The van der Waals surface area contributed by atoms with Crippen LogP contribution in [0.2, 0.25) is 0 Å². The fourth-order valence-electron chi connectivity index (χ4n) is 5.46. The van der Waals surface area contributed by atoms with E-state index in [0.29, 0.717) is 73.4 Å². The van der Waals surface area contributed by atoms with Gasteiger partial charge < -0.3 is 23.9 Å². The van der Waals surface area contributed by atoms with E-state index in [2.05, 4.69) is 0 Å². The molecule has 11 heteroatoms. The van der Waals surface area contributed by atoms with Crippen molar-refractivity contribution >= 4 is 29.3 Å². The van der Waals surface area contributed by atoms with Crippen LogP contribution in [0.3, 0.4) is 0 Å². The van der Waals surface area contributed by atoms with Gasteiger partial charge in [0.1, 0.15) is 29.1 Å². The Kier molecular flexibility index (Phi) is 8.59. The van der Waals surface area contributed by atoms with Crippen molar-refractivity contribution in [3.63, 3.8) is 0 Å². The average molecular weight is 616 g/mol. The number of carbonyl (C=O) groups is 2. The Morgan fingerprint density at radius 2 is 1.84 bits per heavy atom. The number of benzene rings is 2. The highest BCUT2D eigenvalue weighted by Gasteiger charge is 2.36. The first-order chi connectivity index (χ1) is 21.1. The van der Waals surface area contributed by atoms with Gasteiger partial charge >= 0.3 is 5.97 Å². The molecule has 0 bridgehead atoms. The molecule has 4 aromatic rings. The molecule has 1 aliphatic heterocycles. The van der Waals surface area contributed by atoms with E-state index in [1.54, 1.807) is 87.6 Å². The third-order valence-corrected chi connectivity index (χ3v) is 8.75. The SMILES string of the molecule is CCN(CC)C(=O)C1=C(C)N=c2s/c(=C/c3ccc(-c4cccc(C(=O)O)c4C)o3)c(=O)n2[C@@H]1c1cc(OC)ccc1OC. The summed E-state index contributed by atoms with van der Waals surface area (Å²) in [5, 5.41) is 9.52. The van der Waals surface area contributed by atoms with Crippen molar-refractivity contribution in [1.82, 2.24) is 9.47 Å². The van der Waals surface area contributed by atoms with Gasteiger partial charge in [0.2, 0.25) is 0 Å². The van der Waals surface area contributed by atoms with Crippen LogP contribution in [-0.4, -0.2) is 53.8 Å². The summed E-state index contributed by atoms with van der Waals surface area (Å²) in [6.07, 6.45) is 1.63. The number of allylic oxidation sites excluding steroid dienone is 1. The number of amides is 1. The van der Waals surface area contributed by atoms with Crippen molar-refractivity contribution in [2.45, 2.75) is 33.7 Å². The van der Waals surface area contributed by atoms with Crippen LogP contribution in [-0.2, 0) is 4.79 Å². The first-order valence-electron chi connectivity index (χ1n) is 14.1. The summed E-state index contributed by atoms with van der Waals surface area (Å²) in [4.78, 5) is 46.6. The number of carboxylic acid groups (broad SMARTS) is 1. The Bertz CT molecular complexity index is 1980. The molecule has 0 radical (unpaired) electrons. The molecule has 0 aliphatic carbocycles. The predicted octanol–water partition coefficient (Wildman–Crippen LogP) is 4.39. The topological polar surface area (TPSA) is 124 Å². The van der Waals surface area contributed by atoms with Crippen molar-refractivity contribution in [1.29, 1.82) is 0 Å². The summed E-state index contributed by atoms with van der Waals surface area (Å²) in [6.45, 7) is 8.31. The second-order valence-corrected chi connectivity index (χ2v) is 11.2. The highest BCUT2D eigenvalue weighted by Crippen LogP contribution is 2.38.